The van der Waals surface area contributed by atoms with E-state index in [0.717, 1.165) is 6.61 Å². The number of nitrogens with two attached hydrogens (primary N) is 1. The summed E-state index contributed by atoms with van der Waals surface area (Å²) in [7, 11) is 0. The Morgan fingerprint density at radius 1 is 1.37 bits per heavy atom. The maximum atomic E-state index is 6.16. The Hall–Kier alpha value is -0.380. The minimum absolute atomic E-state index is 0.0426. The topological polar surface area (TPSA) is 35.2 Å². The molecule has 19 heavy (non-hydrogen) atoms. The van der Waals surface area contributed by atoms with Gasteiger partial charge in [0.05, 0.1) is 6.61 Å². The van der Waals surface area contributed by atoms with Gasteiger partial charge in [-0.05, 0) is 43.2 Å². The first kappa shape index (κ1) is 16.7. The van der Waals surface area contributed by atoms with Gasteiger partial charge in [0.1, 0.15) is 6.10 Å². The summed E-state index contributed by atoms with van der Waals surface area (Å²) in [4.78, 5) is 1.29. The maximum Gasteiger partial charge on any atom is 0.107 e. The quantitative estimate of drug-likeness (QED) is 0.714. The largest absolute Gasteiger partial charge is 0.371 e. The lowest BCUT2D eigenvalue weighted by Crippen LogP contribution is -2.28. The first-order chi connectivity index (χ1) is 9.10. The lowest BCUT2D eigenvalue weighted by atomic mass is 10.00. The third kappa shape index (κ3) is 5.25. The molecule has 1 aromatic rings. The minimum Gasteiger partial charge on any atom is -0.371 e. The molecule has 0 radical (unpaired) electrons. The van der Waals surface area contributed by atoms with Crippen LogP contribution in [-0.4, -0.2) is 12.6 Å². The van der Waals surface area contributed by atoms with E-state index in [4.69, 9.17) is 10.5 Å². The van der Waals surface area contributed by atoms with Gasteiger partial charge in [0, 0.05) is 10.9 Å². The van der Waals surface area contributed by atoms with Crippen LogP contribution in [-0.2, 0) is 4.74 Å². The Labute approximate surface area is 122 Å². The van der Waals surface area contributed by atoms with Gasteiger partial charge in [-0.3, -0.25) is 0 Å². The summed E-state index contributed by atoms with van der Waals surface area (Å²) in [5.41, 5.74) is 7.41. The molecular formula is C16H29NOS. The molecule has 0 saturated heterocycles. The standard InChI is InChI=1S/C16H29NOS/c1-5-7-8-14(6-2)11-18-15(13(4)17)16-12(3)9-10-19-16/h9-10,13-15H,5-8,11,17H2,1-4H3. The maximum absolute atomic E-state index is 6.16. The van der Waals surface area contributed by atoms with E-state index in [2.05, 4.69) is 32.2 Å². The minimum atomic E-state index is 0.0426. The van der Waals surface area contributed by atoms with E-state index < -0.39 is 0 Å². The highest BCUT2D eigenvalue weighted by Gasteiger charge is 2.21. The predicted molar refractivity (Wildman–Crippen MR) is 84.7 cm³/mol. The zero-order chi connectivity index (χ0) is 14.3. The molecule has 3 atom stereocenters. The van der Waals surface area contributed by atoms with Crippen molar-refractivity contribution in [2.75, 3.05) is 6.61 Å². The van der Waals surface area contributed by atoms with Crippen molar-refractivity contribution in [1.82, 2.24) is 0 Å². The normalized spacial score (nSPS) is 16.3. The van der Waals surface area contributed by atoms with Crippen LogP contribution in [0.5, 0.6) is 0 Å². The average Bonchev–Trinajstić information content (AvgIpc) is 2.79. The number of hydrogen-bond acceptors (Lipinski definition) is 3. The number of thiophene rings is 1. The predicted octanol–water partition coefficient (Wildman–Crippen LogP) is 4.68. The molecule has 1 aromatic heterocycles. The molecular weight excluding hydrogens is 254 g/mol. The molecule has 0 fully saturated rings. The van der Waals surface area contributed by atoms with Gasteiger partial charge in [0.25, 0.3) is 0 Å². The molecule has 0 spiro atoms. The van der Waals surface area contributed by atoms with Crippen LogP contribution >= 0.6 is 11.3 Å². The molecule has 0 aromatic carbocycles. The lowest BCUT2D eigenvalue weighted by Gasteiger charge is -2.24. The van der Waals surface area contributed by atoms with E-state index in [1.54, 1.807) is 11.3 Å². The van der Waals surface area contributed by atoms with Crippen molar-refractivity contribution in [3.63, 3.8) is 0 Å². The van der Waals surface area contributed by atoms with Gasteiger partial charge in [0.15, 0.2) is 0 Å². The summed E-state index contributed by atoms with van der Waals surface area (Å²) in [6.45, 7) is 9.50. The van der Waals surface area contributed by atoms with Crippen molar-refractivity contribution >= 4 is 11.3 Å². The van der Waals surface area contributed by atoms with Gasteiger partial charge in [-0.2, -0.15) is 0 Å². The van der Waals surface area contributed by atoms with E-state index >= 15 is 0 Å². The highest BCUT2D eigenvalue weighted by atomic mass is 32.1. The first-order valence-electron chi connectivity index (χ1n) is 7.51. The molecule has 2 nitrogen and oxygen atoms in total. The third-order valence-corrected chi connectivity index (χ3v) is 4.77. The van der Waals surface area contributed by atoms with Gasteiger partial charge >= 0.3 is 0 Å². The summed E-state index contributed by atoms with van der Waals surface area (Å²) in [6, 6.07) is 2.19. The number of rotatable bonds is 9. The molecule has 0 aliphatic rings. The van der Waals surface area contributed by atoms with E-state index in [-0.39, 0.29) is 12.1 Å². The molecule has 0 aliphatic carbocycles. The first-order valence-corrected chi connectivity index (χ1v) is 8.39. The van der Waals surface area contributed by atoms with Crippen LogP contribution < -0.4 is 5.73 Å². The summed E-state index contributed by atoms with van der Waals surface area (Å²) >= 11 is 1.76. The van der Waals surface area contributed by atoms with Gasteiger partial charge in [-0.15, -0.1) is 11.3 Å². The number of aryl methyl sites for hydroxylation is 1. The second-order valence-corrected chi connectivity index (χ2v) is 6.45. The van der Waals surface area contributed by atoms with Gasteiger partial charge in [-0.25, -0.2) is 0 Å². The van der Waals surface area contributed by atoms with Crippen LogP contribution in [0.1, 0.15) is 63.0 Å². The van der Waals surface area contributed by atoms with Crippen molar-refractivity contribution in [3.8, 4) is 0 Å². The van der Waals surface area contributed by atoms with E-state index in [1.807, 2.05) is 6.92 Å². The van der Waals surface area contributed by atoms with Gasteiger partial charge in [-0.1, -0.05) is 33.1 Å². The van der Waals surface area contributed by atoms with E-state index in [9.17, 15) is 0 Å². The van der Waals surface area contributed by atoms with Crippen molar-refractivity contribution in [2.24, 2.45) is 11.7 Å². The molecule has 2 N–H and O–H groups in total. The van der Waals surface area contributed by atoms with E-state index in [0.29, 0.717) is 5.92 Å². The summed E-state index contributed by atoms with van der Waals surface area (Å²) < 4.78 is 6.16. The zero-order valence-electron chi connectivity index (χ0n) is 12.8. The van der Waals surface area contributed by atoms with Crippen LogP contribution in [0.25, 0.3) is 0 Å². The van der Waals surface area contributed by atoms with Crippen LogP contribution in [0.15, 0.2) is 11.4 Å². The lowest BCUT2D eigenvalue weighted by molar-refractivity contribution is 0.0145. The van der Waals surface area contributed by atoms with Crippen LogP contribution in [0.4, 0.5) is 0 Å². The van der Waals surface area contributed by atoms with Crippen molar-refractivity contribution in [1.29, 1.82) is 0 Å². The SMILES string of the molecule is CCCCC(CC)COC(c1sccc1C)C(C)N. The second-order valence-electron chi connectivity index (χ2n) is 5.50. The number of hydrogen-bond donors (Lipinski definition) is 1. The van der Waals surface area contributed by atoms with Crippen LogP contribution in [0.3, 0.4) is 0 Å². The molecule has 110 valence electrons. The Morgan fingerprint density at radius 2 is 2.11 bits per heavy atom. The average molecular weight is 283 g/mol. The highest BCUT2D eigenvalue weighted by Crippen LogP contribution is 2.29. The summed E-state index contributed by atoms with van der Waals surface area (Å²) in [5.74, 6) is 0.668. The molecule has 1 heterocycles. The molecule has 0 amide bonds. The molecule has 0 bridgehead atoms. The number of ether oxygens (including phenoxy) is 1. The summed E-state index contributed by atoms with van der Waals surface area (Å²) in [5, 5.41) is 2.12. The van der Waals surface area contributed by atoms with Gasteiger partial charge in [0.2, 0.25) is 0 Å². The number of unbranched alkanes of at least 4 members (excludes halogenated alkanes) is 1. The van der Waals surface area contributed by atoms with Crippen molar-refractivity contribution < 1.29 is 4.74 Å². The second kappa shape index (κ2) is 8.72. The van der Waals surface area contributed by atoms with E-state index in [1.165, 1.54) is 36.1 Å². The molecule has 0 aliphatic heterocycles. The Morgan fingerprint density at radius 3 is 2.58 bits per heavy atom. The fourth-order valence-electron chi connectivity index (χ4n) is 2.28. The molecule has 1 rings (SSSR count). The van der Waals surface area contributed by atoms with Crippen molar-refractivity contribution in [3.05, 3.63) is 21.9 Å². The smallest absolute Gasteiger partial charge is 0.107 e. The Kier molecular flexibility index (Phi) is 7.66. The van der Waals surface area contributed by atoms with Gasteiger partial charge < -0.3 is 10.5 Å². The molecule has 0 saturated carbocycles. The highest BCUT2D eigenvalue weighted by molar-refractivity contribution is 7.10. The van der Waals surface area contributed by atoms with Crippen LogP contribution in [0.2, 0.25) is 0 Å². The monoisotopic (exact) mass is 283 g/mol. The fraction of sp³-hybridized carbons (Fsp3) is 0.750. The fourth-order valence-corrected chi connectivity index (χ4v) is 3.37. The van der Waals surface area contributed by atoms with Crippen molar-refractivity contribution in [2.45, 2.75) is 65.5 Å². The summed E-state index contributed by atoms with van der Waals surface area (Å²) in [6.07, 6.45) is 5.06. The Bertz CT molecular complexity index is 348. The molecule has 3 heteroatoms. The third-order valence-electron chi connectivity index (χ3n) is 3.69. The zero-order valence-corrected chi connectivity index (χ0v) is 13.6. The Balaban J connectivity index is 2.57. The molecule has 3 unspecified atom stereocenters. The van der Waals surface area contributed by atoms with Crippen LogP contribution in [0, 0.1) is 12.8 Å².